The lowest BCUT2D eigenvalue weighted by molar-refractivity contribution is -0.137. The number of nitrogens with zero attached hydrogens (tertiary/aromatic N) is 3. The molecule has 0 aliphatic heterocycles. The molecule has 0 aliphatic carbocycles. The van der Waals surface area contributed by atoms with Gasteiger partial charge in [0.25, 0.3) is 6.43 Å². The second-order valence-electron chi connectivity index (χ2n) is 4.04. The number of alkyl halides is 2. The average molecular weight is 281 g/mol. The molecule has 7 heteroatoms. The molecule has 0 amide bonds. The van der Waals surface area contributed by atoms with Crippen LogP contribution in [-0.4, -0.2) is 27.6 Å². The summed E-state index contributed by atoms with van der Waals surface area (Å²) in [5.74, 6) is -0.577. The molecule has 0 fully saturated rings. The fourth-order valence-corrected chi connectivity index (χ4v) is 1.86. The maximum Gasteiger partial charge on any atom is 0.330 e. The van der Waals surface area contributed by atoms with E-state index in [1.165, 1.54) is 16.8 Å². The van der Waals surface area contributed by atoms with E-state index < -0.39 is 12.4 Å². The van der Waals surface area contributed by atoms with Gasteiger partial charge in [0.15, 0.2) is 0 Å². The highest BCUT2D eigenvalue weighted by Gasteiger charge is 2.19. The number of halogens is 2. The van der Waals surface area contributed by atoms with Gasteiger partial charge in [0, 0.05) is 13.1 Å². The number of aryl methyl sites for hydroxylation is 1. The third kappa shape index (κ3) is 2.66. The molecule has 5 nitrogen and oxygen atoms in total. The number of carbonyl (C=O) groups is 1. The van der Waals surface area contributed by atoms with Crippen molar-refractivity contribution in [2.75, 3.05) is 6.61 Å². The number of aromatic nitrogens is 3. The van der Waals surface area contributed by atoms with E-state index in [0.29, 0.717) is 5.52 Å². The first kappa shape index (κ1) is 14.1. The van der Waals surface area contributed by atoms with Crippen molar-refractivity contribution in [3.63, 3.8) is 0 Å². The van der Waals surface area contributed by atoms with Crippen LogP contribution in [-0.2, 0) is 16.6 Å². The number of rotatable bonds is 4. The molecule has 0 radical (unpaired) electrons. The molecule has 2 aromatic rings. The average Bonchev–Trinajstić information content (AvgIpc) is 2.77. The zero-order valence-corrected chi connectivity index (χ0v) is 11.0. The summed E-state index contributed by atoms with van der Waals surface area (Å²) in [4.78, 5) is 11.2. The highest BCUT2D eigenvalue weighted by Crippen LogP contribution is 2.30. The highest BCUT2D eigenvalue weighted by molar-refractivity contribution is 5.89. The van der Waals surface area contributed by atoms with Gasteiger partial charge in [0.05, 0.1) is 17.7 Å². The molecule has 0 N–H and O–H groups in total. The van der Waals surface area contributed by atoms with E-state index in [1.807, 2.05) is 0 Å². The van der Waals surface area contributed by atoms with Crippen LogP contribution in [0.2, 0.25) is 0 Å². The Balaban J connectivity index is 2.48. The summed E-state index contributed by atoms with van der Waals surface area (Å²) in [7, 11) is 1.62. The molecule has 0 atom stereocenters. The largest absolute Gasteiger partial charge is 0.463 e. The number of benzene rings is 1. The summed E-state index contributed by atoms with van der Waals surface area (Å²) in [5.41, 5.74) is 0.624. The minimum absolute atomic E-state index is 0.133. The van der Waals surface area contributed by atoms with Crippen LogP contribution >= 0.6 is 0 Å². The lowest BCUT2D eigenvalue weighted by atomic mass is 10.1. The Labute approximate surface area is 113 Å². The predicted octanol–water partition coefficient (Wildman–Crippen LogP) is 2.48. The number of carbonyl (C=O) groups excluding carboxylic acids is 1. The van der Waals surface area contributed by atoms with Crippen molar-refractivity contribution in [3.8, 4) is 0 Å². The van der Waals surface area contributed by atoms with Crippen molar-refractivity contribution < 1.29 is 18.3 Å². The fourth-order valence-electron chi connectivity index (χ4n) is 1.86. The molecule has 20 heavy (non-hydrogen) atoms. The van der Waals surface area contributed by atoms with Crippen LogP contribution in [0, 0.1) is 0 Å². The van der Waals surface area contributed by atoms with E-state index >= 15 is 0 Å². The molecule has 0 bridgehead atoms. The Morgan fingerprint density at radius 1 is 1.50 bits per heavy atom. The number of hydrogen-bond donors (Lipinski definition) is 0. The molecule has 1 aromatic carbocycles. The van der Waals surface area contributed by atoms with Crippen molar-refractivity contribution in [1.82, 2.24) is 15.0 Å². The number of esters is 1. The van der Waals surface area contributed by atoms with Gasteiger partial charge in [-0.2, -0.15) is 0 Å². The van der Waals surface area contributed by atoms with E-state index in [1.54, 1.807) is 20.0 Å². The van der Waals surface area contributed by atoms with Crippen LogP contribution in [0.1, 0.15) is 24.5 Å². The fraction of sp³-hybridized carbons (Fsp3) is 0.308. The Kier molecular flexibility index (Phi) is 4.07. The van der Waals surface area contributed by atoms with Gasteiger partial charge >= 0.3 is 5.97 Å². The van der Waals surface area contributed by atoms with E-state index in [2.05, 4.69) is 10.3 Å². The van der Waals surface area contributed by atoms with Crippen LogP contribution in [0.3, 0.4) is 0 Å². The molecule has 1 aromatic heterocycles. The normalized spacial score (nSPS) is 11.7. The van der Waals surface area contributed by atoms with Gasteiger partial charge in [-0.15, -0.1) is 5.10 Å². The standard InChI is InChI=1S/C13H13F2N3O2/c1-3-20-10(19)7-5-8-4-6-9-12(11(8)13(14)15)16-17-18(9)2/h4-7,13H,3H2,1-2H3/b7-5+. The Bertz CT molecular complexity index is 665. The van der Waals surface area contributed by atoms with Gasteiger partial charge in [0.1, 0.15) is 5.52 Å². The Hall–Kier alpha value is -2.31. The van der Waals surface area contributed by atoms with Crippen LogP contribution < -0.4 is 0 Å². The van der Waals surface area contributed by atoms with Crippen molar-refractivity contribution in [2.45, 2.75) is 13.3 Å². The monoisotopic (exact) mass is 281 g/mol. The second kappa shape index (κ2) is 5.77. The van der Waals surface area contributed by atoms with E-state index in [0.717, 1.165) is 6.08 Å². The molecular weight excluding hydrogens is 268 g/mol. The molecule has 0 saturated heterocycles. The van der Waals surface area contributed by atoms with Crippen molar-refractivity contribution in [2.24, 2.45) is 7.05 Å². The summed E-state index contributed by atoms with van der Waals surface area (Å²) < 4.78 is 32.6. The minimum atomic E-state index is -2.71. The Morgan fingerprint density at radius 2 is 2.25 bits per heavy atom. The van der Waals surface area contributed by atoms with Gasteiger partial charge in [-0.05, 0) is 24.6 Å². The topological polar surface area (TPSA) is 57.0 Å². The van der Waals surface area contributed by atoms with Gasteiger partial charge < -0.3 is 4.74 Å². The molecule has 106 valence electrons. The first-order valence-electron chi connectivity index (χ1n) is 5.99. The Morgan fingerprint density at radius 3 is 2.90 bits per heavy atom. The SMILES string of the molecule is CCOC(=O)/C=C/c1ccc2c(nnn2C)c1C(F)F. The van der Waals surface area contributed by atoms with Crippen molar-refractivity contribution >= 4 is 23.1 Å². The van der Waals surface area contributed by atoms with Crippen LogP contribution in [0.25, 0.3) is 17.1 Å². The summed E-state index contributed by atoms with van der Waals surface area (Å²) >= 11 is 0. The zero-order chi connectivity index (χ0) is 14.7. The molecule has 1 heterocycles. The first-order chi connectivity index (χ1) is 9.54. The van der Waals surface area contributed by atoms with Crippen molar-refractivity contribution in [1.29, 1.82) is 0 Å². The summed E-state index contributed by atoms with van der Waals surface area (Å²) in [6, 6.07) is 3.13. The van der Waals surface area contributed by atoms with E-state index in [9.17, 15) is 13.6 Å². The maximum atomic E-state index is 13.2. The maximum absolute atomic E-state index is 13.2. The molecule has 0 saturated carbocycles. The smallest absolute Gasteiger partial charge is 0.330 e. The van der Waals surface area contributed by atoms with Crippen LogP contribution in [0.5, 0.6) is 0 Å². The van der Waals surface area contributed by atoms with Gasteiger partial charge in [-0.1, -0.05) is 11.3 Å². The second-order valence-corrected chi connectivity index (χ2v) is 4.04. The predicted molar refractivity (Wildman–Crippen MR) is 69.1 cm³/mol. The van der Waals surface area contributed by atoms with E-state index in [-0.39, 0.29) is 23.3 Å². The van der Waals surface area contributed by atoms with Crippen LogP contribution in [0.15, 0.2) is 18.2 Å². The molecule has 0 unspecified atom stereocenters. The highest BCUT2D eigenvalue weighted by atomic mass is 19.3. The van der Waals surface area contributed by atoms with Gasteiger partial charge in [0.2, 0.25) is 0 Å². The zero-order valence-electron chi connectivity index (χ0n) is 11.0. The van der Waals surface area contributed by atoms with Gasteiger partial charge in [-0.3, -0.25) is 0 Å². The van der Waals surface area contributed by atoms with Crippen LogP contribution in [0.4, 0.5) is 8.78 Å². The molecule has 2 rings (SSSR count). The molecule has 0 aliphatic rings. The van der Waals surface area contributed by atoms with Gasteiger partial charge in [-0.25, -0.2) is 18.3 Å². The molecular formula is C13H13F2N3O2. The number of ether oxygens (including phenoxy) is 1. The molecule has 0 spiro atoms. The lowest BCUT2D eigenvalue weighted by Gasteiger charge is -2.06. The third-order valence-electron chi connectivity index (χ3n) is 2.76. The third-order valence-corrected chi connectivity index (χ3v) is 2.76. The number of fused-ring (bicyclic) bond motifs is 1. The first-order valence-corrected chi connectivity index (χ1v) is 5.99. The quantitative estimate of drug-likeness (QED) is 0.638. The number of hydrogen-bond acceptors (Lipinski definition) is 4. The lowest BCUT2D eigenvalue weighted by Crippen LogP contribution is -1.99. The summed E-state index contributed by atoms with van der Waals surface area (Å²) in [5, 5.41) is 7.47. The van der Waals surface area contributed by atoms with Crippen molar-refractivity contribution in [3.05, 3.63) is 29.3 Å². The summed E-state index contributed by atoms with van der Waals surface area (Å²) in [6.45, 7) is 1.90. The minimum Gasteiger partial charge on any atom is -0.463 e. The van der Waals surface area contributed by atoms with E-state index in [4.69, 9.17) is 4.74 Å². The summed E-state index contributed by atoms with van der Waals surface area (Å²) in [6.07, 6.45) is -0.294.